The molecule has 1 saturated heterocycles. The first kappa shape index (κ1) is 20.0. The third kappa shape index (κ3) is 8.56. The molecule has 25 heavy (non-hydrogen) atoms. The Hall–Kier alpha value is -1.30. The second-order valence-corrected chi connectivity index (χ2v) is 6.73. The van der Waals surface area contributed by atoms with Crippen LogP contribution in [0.15, 0.2) is 29.3 Å². The van der Waals surface area contributed by atoms with Crippen molar-refractivity contribution in [1.82, 2.24) is 10.6 Å². The van der Waals surface area contributed by atoms with Crippen LogP contribution in [0.4, 0.5) is 0 Å². The highest BCUT2D eigenvalue weighted by molar-refractivity contribution is 6.30. The molecule has 0 aliphatic carbocycles. The van der Waals surface area contributed by atoms with Crippen molar-refractivity contribution >= 4 is 17.6 Å². The molecule has 0 saturated carbocycles. The highest BCUT2D eigenvalue weighted by Crippen LogP contribution is 2.14. The number of ether oxygens (including phenoxy) is 2. The highest BCUT2D eigenvalue weighted by atomic mass is 35.5. The summed E-state index contributed by atoms with van der Waals surface area (Å²) in [6.07, 6.45) is 4.14. The van der Waals surface area contributed by atoms with Crippen molar-refractivity contribution in [2.24, 2.45) is 10.9 Å². The van der Waals surface area contributed by atoms with Crippen LogP contribution in [0.25, 0.3) is 0 Å². The van der Waals surface area contributed by atoms with Crippen LogP contribution in [0.2, 0.25) is 5.02 Å². The monoisotopic (exact) mass is 367 g/mol. The highest BCUT2D eigenvalue weighted by Gasteiger charge is 2.13. The Morgan fingerprint density at radius 3 is 2.84 bits per heavy atom. The fourth-order valence-electron chi connectivity index (χ4n) is 2.78. The van der Waals surface area contributed by atoms with Gasteiger partial charge in [0.05, 0.1) is 0 Å². The van der Waals surface area contributed by atoms with Gasteiger partial charge in [-0.3, -0.25) is 4.99 Å². The fraction of sp³-hybridized carbons (Fsp3) is 0.632. The lowest BCUT2D eigenvalue weighted by atomic mass is 10.0. The molecule has 1 aromatic rings. The molecular weight excluding hydrogens is 338 g/mol. The average molecular weight is 368 g/mol. The Bertz CT molecular complexity index is 519. The lowest BCUT2D eigenvalue weighted by Gasteiger charge is -2.21. The number of hydrogen-bond acceptors (Lipinski definition) is 3. The minimum absolute atomic E-state index is 0.669. The summed E-state index contributed by atoms with van der Waals surface area (Å²) in [6.45, 7) is 5.07. The van der Waals surface area contributed by atoms with Crippen molar-refractivity contribution in [3.05, 3.63) is 34.9 Å². The van der Waals surface area contributed by atoms with E-state index in [1.165, 1.54) is 5.56 Å². The number of guanidine groups is 1. The van der Waals surface area contributed by atoms with E-state index in [0.717, 1.165) is 76.2 Å². The molecule has 1 heterocycles. The first-order valence-corrected chi connectivity index (χ1v) is 9.50. The second-order valence-electron chi connectivity index (χ2n) is 6.29. The summed E-state index contributed by atoms with van der Waals surface area (Å²) in [5, 5.41) is 7.42. The Morgan fingerprint density at radius 2 is 2.08 bits per heavy atom. The zero-order chi connectivity index (χ0) is 17.7. The summed E-state index contributed by atoms with van der Waals surface area (Å²) in [6, 6.07) is 7.95. The van der Waals surface area contributed by atoms with E-state index in [1.54, 1.807) is 7.05 Å². The third-order valence-electron chi connectivity index (χ3n) is 4.27. The van der Waals surface area contributed by atoms with E-state index in [2.05, 4.69) is 21.7 Å². The third-order valence-corrected chi connectivity index (χ3v) is 4.51. The van der Waals surface area contributed by atoms with E-state index >= 15 is 0 Å². The van der Waals surface area contributed by atoms with Gasteiger partial charge >= 0.3 is 0 Å². The first-order chi connectivity index (χ1) is 12.3. The molecule has 6 heteroatoms. The minimum Gasteiger partial charge on any atom is -0.381 e. The predicted molar refractivity (Wildman–Crippen MR) is 103 cm³/mol. The zero-order valence-electron chi connectivity index (χ0n) is 15.1. The van der Waals surface area contributed by atoms with Crippen molar-refractivity contribution in [3.8, 4) is 0 Å². The van der Waals surface area contributed by atoms with Gasteiger partial charge in [0.2, 0.25) is 0 Å². The van der Waals surface area contributed by atoms with Crippen LogP contribution < -0.4 is 10.6 Å². The largest absolute Gasteiger partial charge is 0.381 e. The lowest BCUT2D eigenvalue weighted by molar-refractivity contribution is 0.0203. The predicted octanol–water partition coefficient (Wildman–Crippen LogP) is 2.88. The minimum atomic E-state index is 0.669. The molecule has 2 N–H and O–H groups in total. The SMILES string of the molecule is CN=C(NCCCOCC1CCOCC1)NCCc1cccc(Cl)c1. The van der Waals surface area contributed by atoms with Gasteiger partial charge in [0.1, 0.15) is 0 Å². The molecule has 0 amide bonds. The molecule has 1 aliphatic heterocycles. The molecule has 1 aliphatic rings. The van der Waals surface area contributed by atoms with E-state index in [4.69, 9.17) is 21.1 Å². The van der Waals surface area contributed by atoms with E-state index in [0.29, 0.717) is 5.92 Å². The summed E-state index contributed by atoms with van der Waals surface area (Å²) in [5.41, 5.74) is 1.22. The van der Waals surface area contributed by atoms with Gasteiger partial charge in [-0.2, -0.15) is 0 Å². The Kier molecular flexibility index (Phi) is 9.70. The summed E-state index contributed by atoms with van der Waals surface area (Å²) in [7, 11) is 1.79. The molecule has 1 aromatic carbocycles. The van der Waals surface area contributed by atoms with Crippen molar-refractivity contribution in [3.63, 3.8) is 0 Å². The second kappa shape index (κ2) is 12.1. The van der Waals surface area contributed by atoms with Gasteiger partial charge in [-0.15, -0.1) is 0 Å². The van der Waals surface area contributed by atoms with Crippen LogP contribution in [0.5, 0.6) is 0 Å². The van der Waals surface area contributed by atoms with Gasteiger partial charge in [-0.25, -0.2) is 0 Å². The molecular formula is C19H30ClN3O2. The van der Waals surface area contributed by atoms with E-state index in [1.807, 2.05) is 18.2 Å². The topological polar surface area (TPSA) is 54.9 Å². The van der Waals surface area contributed by atoms with Crippen molar-refractivity contribution in [1.29, 1.82) is 0 Å². The molecule has 0 spiro atoms. The number of rotatable bonds is 9. The van der Waals surface area contributed by atoms with Gasteiger partial charge in [0, 0.05) is 51.6 Å². The molecule has 140 valence electrons. The van der Waals surface area contributed by atoms with Crippen LogP contribution in [-0.2, 0) is 15.9 Å². The van der Waals surface area contributed by atoms with Gasteiger partial charge in [-0.1, -0.05) is 23.7 Å². The molecule has 0 aromatic heterocycles. The fourth-order valence-corrected chi connectivity index (χ4v) is 3.00. The number of halogens is 1. The van der Waals surface area contributed by atoms with Crippen LogP contribution in [0, 0.1) is 5.92 Å². The maximum atomic E-state index is 6.00. The van der Waals surface area contributed by atoms with Crippen LogP contribution >= 0.6 is 11.6 Å². The van der Waals surface area contributed by atoms with Crippen LogP contribution in [0.1, 0.15) is 24.8 Å². The maximum absolute atomic E-state index is 6.00. The van der Waals surface area contributed by atoms with Crippen molar-refractivity contribution < 1.29 is 9.47 Å². The molecule has 0 radical (unpaired) electrons. The van der Waals surface area contributed by atoms with Crippen LogP contribution in [0.3, 0.4) is 0 Å². The number of nitrogens with zero attached hydrogens (tertiary/aromatic N) is 1. The molecule has 0 bridgehead atoms. The van der Waals surface area contributed by atoms with E-state index < -0.39 is 0 Å². The maximum Gasteiger partial charge on any atom is 0.190 e. The summed E-state index contributed by atoms with van der Waals surface area (Å²) >= 11 is 6.00. The number of aliphatic imine (C=N–C) groups is 1. The number of benzene rings is 1. The number of hydrogen-bond donors (Lipinski definition) is 2. The molecule has 0 unspecified atom stereocenters. The van der Waals surface area contributed by atoms with Crippen LogP contribution in [-0.4, -0.2) is 52.5 Å². The van der Waals surface area contributed by atoms with Crippen molar-refractivity contribution in [2.75, 3.05) is 46.6 Å². The van der Waals surface area contributed by atoms with Crippen molar-refractivity contribution in [2.45, 2.75) is 25.7 Å². The van der Waals surface area contributed by atoms with Gasteiger partial charge < -0.3 is 20.1 Å². The standard InChI is InChI=1S/C19H30ClN3O2/c1-21-19(23-10-6-16-4-2-5-18(20)14-16)22-9-3-11-25-15-17-7-12-24-13-8-17/h2,4-5,14,17H,3,6-13,15H2,1H3,(H2,21,22,23). The van der Waals surface area contributed by atoms with E-state index in [-0.39, 0.29) is 0 Å². The average Bonchev–Trinajstić information content (AvgIpc) is 2.64. The molecule has 1 fully saturated rings. The zero-order valence-corrected chi connectivity index (χ0v) is 15.9. The molecule has 5 nitrogen and oxygen atoms in total. The molecule has 2 rings (SSSR count). The number of nitrogens with one attached hydrogen (secondary N) is 2. The Morgan fingerprint density at radius 1 is 1.28 bits per heavy atom. The van der Waals surface area contributed by atoms with E-state index in [9.17, 15) is 0 Å². The van der Waals surface area contributed by atoms with Gasteiger partial charge in [-0.05, 0) is 49.3 Å². The summed E-state index contributed by atoms with van der Waals surface area (Å²) in [4.78, 5) is 4.24. The molecule has 0 atom stereocenters. The summed E-state index contributed by atoms with van der Waals surface area (Å²) in [5.74, 6) is 1.49. The normalized spacial score (nSPS) is 16.0. The van der Waals surface area contributed by atoms with Gasteiger partial charge in [0.25, 0.3) is 0 Å². The lowest BCUT2D eigenvalue weighted by Crippen LogP contribution is -2.39. The van der Waals surface area contributed by atoms with Gasteiger partial charge in [0.15, 0.2) is 5.96 Å². The quantitative estimate of drug-likeness (QED) is 0.400. The Labute approximate surface area is 156 Å². The Balaban J connectivity index is 1.50. The smallest absolute Gasteiger partial charge is 0.190 e. The summed E-state index contributed by atoms with van der Waals surface area (Å²) < 4.78 is 11.1. The first-order valence-electron chi connectivity index (χ1n) is 9.12.